The number of ketones is 1. The summed E-state index contributed by atoms with van der Waals surface area (Å²) in [5, 5.41) is 1.67. The molecule has 2 rings (SSSR count). The molecule has 5 heteroatoms. The number of benzene rings is 1. The van der Waals surface area contributed by atoms with Crippen molar-refractivity contribution in [1.82, 2.24) is 10.4 Å². The number of Topliss-reactive ketones (excluding diaryl/α,β-unsaturated/α-hetero) is 1. The zero-order valence-corrected chi connectivity index (χ0v) is 13.1. The van der Waals surface area contributed by atoms with E-state index in [1.165, 1.54) is 0 Å². The molecule has 1 aliphatic heterocycles. The van der Waals surface area contributed by atoms with Crippen LogP contribution in [0.4, 0.5) is 0 Å². The van der Waals surface area contributed by atoms with Crippen molar-refractivity contribution in [3.05, 3.63) is 35.9 Å². The van der Waals surface area contributed by atoms with Crippen molar-refractivity contribution in [2.75, 3.05) is 6.54 Å². The Morgan fingerprint density at radius 2 is 2.11 bits per heavy atom. The quantitative estimate of drug-likeness (QED) is 0.663. The summed E-state index contributed by atoms with van der Waals surface area (Å²) < 4.78 is 0. The number of rotatable bonds is 4. The maximum Gasteiger partial charge on any atom is 3.00 e. The monoisotopic (exact) mass is 320 g/mol. The van der Waals surface area contributed by atoms with Crippen LogP contribution in [0.15, 0.2) is 30.3 Å². The standard InChI is InChI=1S/C13H15N2O2.Y/c1-10-7-12(9-16)15(14-10)8-13(17)11-5-3-2-4-6-11;/h2-6,10,12,14H,7-8H2,1H3;/q-1;+3. The fourth-order valence-electron chi connectivity index (χ4n) is 2.03. The van der Waals surface area contributed by atoms with Gasteiger partial charge in [0.15, 0.2) is 5.78 Å². The molecule has 4 nitrogen and oxygen atoms in total. The molecule has 1 N–H and O–H groups in total. The molecule has 1 aromatic carbocycles. The fraction of sp³-hybridized carbons (Fsp3) is 0.385. The molecule has 1 saturated heterocycles. The van der Waals surface area contributed by atoms with Gasteiger partial charge in [0.05, 0.1) is 6.54 Å². The Labute approximate surface area is 132 Å². The number of nitrogens with zero attached hydrogens (tertiary/aromatic N) is 1. The average Bonchev–Trinajstić information content (AvgIpc) is 2.70. The van der Waals surface area contributed by atoms with E-state index in [0.29, 0.717) is 12.0 Å². The van der Waals surface area contributed by atoms with Crippen molar-refractivity contribution >= 4 is 12.1 Å². The van der Waals surface area contributed by atoms with Gasteiger partial charge in [0.2, 0.25) is 0 Å². The predicted molar refractivity (Wildman–Crippen MR) is 64.2 cm³/mol. The van der Waals surface area contributed by atoms with Gasteiger partial charge in [0.25, 0.3) is 0 Å². The maximum absolute atomic E-state index is 12.0. The third kappa shape index (κ3) is 3.79. The number of hydrogen-bond acceptors (Lipinski definition) is 4. The Morgan fingerprint density at radius 1 is 1.44 bits per heavy atom. The van der Waals surface area contributed by atoms with Gasteiger partial charge in [-0.25, -0.2) is 6.29 Å². The van der Waals surface area contributed by atoms with Crippen molar-refractivity contribution in [2.24, 2.45) is 0 Å². The van der Waals surface area contributed by atoms with Crippen LogP contribution in [-0.4, -0.2) is 35.7 Å². The minimum Gasteiger partial charge on any atom is -0.540 e. The Bertz CT molecular complexity index is 411. The molecule has 1 aromatic rings. The zero-order valence-electron chi connectivity index (χ0n) is 10.3. The summed E-state index contributed by atoms with van der Waals surface area (Å²) in [5.41, 5.74) is 3.77. The molecule has 0 saturated carbocycles. The van der Waals surface area contributed by atoms with Crippen LogP contribution in [0.2, 0.25) is 0 Å². The minimum atomic E-state index is -0.322. The van der Waals surface area contributed by atoms with E-state index < -0.39 is 0 Å². The summed E-state index contributed by atoms with van der Waals surface area (Å²) in [6.07, 6.45) is 2.66. The second kappa shape index (κ2) is 7.24. The largest absolute Gasteiger partial charge is 3.00 e. The van der Waals surface area contributed by atoms with Gasteiger partial charge in [0, 0.05) is 11.6 Å². The summed E-state index contributed by atoms with van der Waals surface area (Å²) in [6, 6.07) is 8.98. The number of carbonyl (C=O) groups is 1. The first-order valence-electron chi connectivity index (χ1n) is 5.69. The van der Waals surface area contributed by atoms with Gasteiger partial charge >= 0.3 is 32.7 Å². The van der Waals surface area contributed by atoms with Crippen LogP contribution in [0.3, 0.4) is 0 Å². The summed E-state index contributed by atoms with van der Waals surface area (Å²) in [7, 11) is 0. The maximum atomic E-state index is 12.0. The molecule has 90 valence electrons. The average molecular weight is 320 g/mol. The van der Waals surface area contributed by atoms with E-state index in [9.17, 15) is 9.59 Å². The van der Waals surface area contributed by atoms with E-state index in [1.807, 2.05) is 31.4 Å². The first kappa shape index (κ1) is 15.6. The predicted octanol–water partition coefficient (Wildman–Crippen LogP) is 0.944. The summed E-state index contributed by atoms with van der Waals surface area (Å²) in [6.45, 7) is 2.19. The van der Waals surface area contributed by atoms with E-state index >= 15 is 0 Å². The number of hydrogen-bond donors (Lipinski definition) is 1. The van der Waals surface area contributed by atoms with Crippen LogP contribution in [0.5, 0.6) is 0 Å². The molecule has 0 spiro atoms. The molecular formula is C13H15N2O2Y+2. The fourth-order valence-corrected chi connectivity index (χ4v) is 2.03. The third-order valence-electron chi connectivity index (χ3n) is 2.88. The molecule has 1 heterocycles. The number of carbonyl (C=O) groups excluding carboxylic acids is 2. The van der Waals surface area contributed by atoms with Crippen LogP contribution in [0.25, 0.3) is 0 Å². The van der Waals surface area contributed by atoms with Crippen LogP contribution in [0, 0.1) is 0 Å². The molecular weight excluding hydrogens is 305 g/mol. The number of nitrogens with one attached hydrogen (secondary N) is 1. The topological polar surface area (TPSA) is 49.4 Å². The minimum absolute atomic E-state index is 0. The Balaban J connectivity index is 0.00000162. The van der Waals surface area contributed by atoms with Crippen LogP contribution >= 0.6 is 0 Å². The molecule has 0 radical (unpaired) electrons. The first-order chi connectivity index (χ1) is 8.20. The van der Waals surface area contributed by atoms with Gasteiger partial charge in [-0.3, -0.25) is 15.2 Å². The Kier molecular flexibility index (Phi) is 6.29. The van der Waals surface area contributed by atoms with Gasteiger partial charge in [-0.2, -0.15) is 0 Å². The third-order valence-corrected chi connectivity index (χ3v) is 2.88. The summed E-state index contributed by atoms with van der Waals surface area (Å²) in [4.78, 5) is 22.7. The Hall–Kier alpha value is -0.416. The van der Waals surface area contributed by atoms with Crippen molar-refractivity contribution < 1.29 is 42.3 Å². The Morgan fingerprint density at radius 3 is 2.72 bits per heavy atom. The van der Waals surface area contributed by atoms with Crippen molar-refractivity contribution in [1.29, 1.82) is 0 Å². The summed E-state index contributed by atoms with van der Waals surface area (Å²) >= 11 is 0. The van der Waals surface area contributed by atoms with Crippen molar-refractivity contribution in [2.45, 2.75) is 25.4 Å². The van der Waals surface area contributed by atoms with E-state index in [2.05, 4.69) is 5.43 Å². The van der Waals surface area contributed by atoms with Gasteiger partial charge in [0.1, 0.15) is 0 Å². The van der Waals surface area contributed by atoms with Gasteiger partial charge in [-0.05, 0) is 13.3 Å². The van der Waals surface area contributed by atoms with Crippen molar-refractivity contribution in [3.63, 3.8) is 0 Å². The molecule has 18 heavy (non-hydrogen) atoms. The van der Waals surface area contributed by atoms with E-state index in [1.54, 1.807) is 17.1 Å². The molecule has 0 amide bonds. The molecule has 2 unspecified atom stereocenters. The van der Waals surface area contributed by atoms with E-state index in [-0.39, 0.29) is 57.1 Å². The summed E-state index contributed by atoms with van der Waals surface area (Å²) in [5.74, 6) is 0.00690. The second-order valence-corrected chi connectivity index (χ2v) is 4.32. The first-order valence-corrected chi connectivity index (χ1v) is 5.69. The molecule has 1 aliphatic rings. The van der Waals surface area contributed by atoms with Gasteiger partial charge in [-0.15, -0.1) is 0 Å². The SMILES string of the molecule is CC1CC([C-]=O)N(CC(=O)c2ccccc2)N1.[Y+3]. The van der Waals surface area contributed by atoms with Gasteiger partial charge < -0.3 is 4.79 Å². The van der Waals surface area contributed by atoms with E-state index in [0.717, 1.165) is 0 Å². The molecule has 0 aliphatic carbocycles. The second-order valence-electron chi connectivity index (χ2n) is 4.32. The smallest absolute Gasteiger partial charge is 0.540 e. The van der Waals surface area contributed by atoms with Crippen LogP contribution in [-0.2, 0) is 37.5 Å². The van der Waals surface area contributed by atoms with Crippen LogP contribution < -0.4 is 5.43 Å². The molecule has 1 fully saturated rings. The van der Waals surface area contributed by atoms with Crippen molar-refractivity contribution in [3.8, 4) is 0 Å². The van der Waals surface area contributed by atoms with Gasteiger partial charge in [-0.1, -0.05) is 36.4 Å². The van der Waals surface area contributed by atoms with E-state index in [4.69, 9.17) is 0 Å². The normalized spacial score (nSPS) is 23.4. The molecule has 0 aromatic heterocycles. The zero-order chi connectivity index (χ0) is 12.3. The van der Waals surface area contributed by atoms with Crippen LogP contribution in [0.1, 0.15) is 23.7 Å². The number of hydrazine groups is 1. The molecule has 2 atom stereocenters. The molecule has 0 bridgehead atoms.